The topological polar surface area (TPSA) is 66.6 Å². The number of nitrogens with two attached hydrogens (primary N) is 1. The fourth-order valence-electron chi connectivity index (χ4n) is 2.14. The van der Waals surface area contributed by atoms with Crippen LogP contribution < -0.4 is 5.73 Å². The maximum atomic E-state index is 12.6. The lowest BCUT2D eigenvalue weighted by Crippen LogP contribution is -2.30. The Morgan fingerprint density at radius 2 is 1.95 bits per heavy atom. The number of benzene rings is 2. The zero-order valence-electron chi connectivity index (χ0n) is 11.9. The van der Waals surface area contributed by atoms with Gasteiger partial charge in [-0.05, 0) is 31.2 Å². The van der Waals surface area contributed by atoms with Crippen LogP contribution in [0.5, 0.6) is 5.75 Å². The van der Waals surface area contributed by atoms with Crippen LogP contribution in [0.15, 0.2) is 46.9 Å². The van der Waals surface area contributed by atoms with Gasteiger partial charge in [0.2, 0.25) is 0 Å². The molecule has 5 heteroatoms. The van der Waals surface area contributed by atoms with Crippen molar-refractivity contribution in [2.75, 3.05) is 12.8 Å². The van der Waals surface area contributed by atoms with Crippen molar-refractivity contribution < 1.29 is 9.90 Å². The summed E-state index contributed by atoms with van der Waals surface area (Å²) in [4.78, 5) is 14.1. The molecule has 21 heavy (non-hydrogen) atoms. The lowest BCUT2D eigenvalue weighted by atomic mass is 10.0. The molecule has 0 saturated heterocycles. The van der Waals surface area contributed by atoms with E-state index in [1.54, 1.807) is 48.3 Å². The summed E-state index contributed by atoms with van der Waals surface area (Å²) in [6.07, 6.45) is 0. The Labute approximate surface area is 132 Å². The van der Waals surface area contributed by atoms with Crippen molar-refractivity contribution >= 4 is 27.5 Å². The number of phenols is 1. The second kappa shape index (κ2) is 6.18. The van der Waals surface area contributed by atoms with Gasteiger partial charge < -0.3 is 15.7 Å². The van der Waals surface area contributed by atoms with E-state index in [-0.39, 0.29) is 17.7 Å². The molecule has 0 bridgehead atoms. The van der Waals surface area contributed by atoms with Crippen molar-refractivity contribution in [3.8, 4) is 5.75 Å². The van der Waals surface area contributed by atoms with E-state index in [4.69, 9.17) is 5.73 Å². The highest BCUT2D eigenvalue weighted by molar-refractivity contribution is 9.10. The molecule has 2 aromatic carbocycles. The van der Waals surface area contributed by atoms with E-state index in [1.165, 1.54) is 0 Å². The van der Waals surface area contributed by atoms with Crippen LogP contribution in [0.2, 0.25) is 0 Å². The average Bonchev–Trinajstić information content (AvgIpc) is 2.45. The smallest absolute Gasteiger partial charge is 0.256 e. The molecule has 1 unspecified atom stereocenters. The third-order valence-electron chi connectivity index (χ3n) is 3.53. The summed E-state index contributed by atoms with van der Waals surface area (Å²) in [5.74, 6) is -0.0100. The monoisotopic (exact) mass is 348 g/mol. The van der Waals surface area contributed by atoms with Crippen LogP contribution in [0.1, 0.15) is 28.9 Å². The summed E-state index contributed by atoms with van der Waals surface area (Å²) < 4.78 is 0.827. The molecular formula is C16H17BrN2O2. The minimum absolute atomic E-state index is 0.174. The second-order valence-corrected chi connectivity index (χ2v) is 5.80. The summed E-state index contributed by atoms with van der Waals surface area (Å²) in [5, 5.41) is 9.90. The summed E-state index contributed by atoms with van der Waals surface area (Å²) in [5.41, 5.74) is 7.47. The van der Waals surface area contributed by atoms with E-state index in [0.717, 1.165) is 4.47 Å². The van der Waals surface area contributed by atoms with Crippen LogP contribution in [0, 0.1) is 0 Å². The zero-order valence-corrected chi connectivity index (χ0v) is 13.5. The summed E-state index contributed by atoms with van der Waals surface area (Å²) >= 11 is 3.32. The van der Waals surface area contributed by atoms with Crippen LogP contribution in [0.3, 0.4) is 0 Å². The van der Waals surface area contributed by atoms with E-state index >= 15 is 0 Å². The van der Waals surface area contributed by atoms with Crippen molar-refractivity contribution in [1.29, 1.82) is 0 Å². The number of amides is 1. The van der Waals surface area contributed by atoms with Gasteiger partial charge >= 0.3 is 0 Å². The Morgan fingerprint density at radius 1 is 1.29 bits per heavy atom. The first-order valence-electron chi connectivity index (χ1n) is 6.52. The summed E-state index contributed by atoms with van der Waals surface area (Å²) in [6, 6.07) is 11.9. The first-order chi connectivity index (χ1) is 9.91. The number of rotatable bonds is 3. The largest absolute Gasteiger partial charge is 0.508 e. The molecule has 0 heterocycles. The van der Waals surface area contributed by atoms with Crippen LogP contribution >= 0.6 is 15.9 Å². The molecular weight excluding hydrogens is 332 g/mol. The Balaban J connectivity index is 2.29. The SMILES string of the molecule is CC(c1ccccc1O)N(C)C(=O)c1ccc(Br)cc1N. The van der Waals surface area contributed by atoms with Crippen molar-refractivity contribution in [3.05, 3.63) is 58.1 Å². The molecule has 0 fully saturated rings. The number of phenolic OH excluding ortho intramolecular Hbond substituents is 1. The predicted octanol–water partition coefficient (Wildman–Crippen LogP) is 3.57. The maximum Gasteiger partial charge on any atom is 0.256 e. The molecule has 110 valence electrons. The van der Waals surface area contributed by atoms with Crippen LogP contribution in [-0.4, -0.2) is 23.0 Å². The van der Waals surface area contributed by atoms with Crippen molar-refractivity contribution in [2.24, 2.45) is 0 Å². The fourth-order valence-corrected chi connectivity index (χ4v) is 2.52. The molecule has 2 aromatic rings. The first-order valence-corrected chi connectivity index (χ1v) is 7.31. The Kier molecular flexibility index (Phi) is 4.53. The molecule has 0 spiro atoms. The van der Waals surface area contributed by atoms with Gasteiger partial charge in [0, 0.05) is 22.8 Å². The molecule has 0 aromatic heterocycles. The standard InChI is InChI=1S/C16H17BrN2O2/c1-10(12-5-3-4-6-15(12)20)19(2)16(21)13-8-7-11(17)9-14(13)18/h3-10,20H,18H2,1-2H3. The van der Waals surface area contributed by atoms with Gasteiger partial charge in [0.1, 0.15) is 5.75 Å². The van der Waals surface area contributed by atoms with E-state index in [0.29, 0.717) is 16.8 Å². The molecule has 0 aliphatic rings. The normalized spacial score (nSPS) is 12.0. The molecule has 2 rings (SSSR count). The number of aromatic hydroxyl groups is 1. The Hall–Kier alpha value is -2.01. The van der Waals surface area contributed by atoms with Crippen LogP contribution in [0.25, 0.3) is 0 Å². The number of carbonyl (C=O) groups excluding carboxylic acids is 1. The van der Waals surface area contributed by atoms with Gasteiger partial charge in [-0.2, -0.15) is 0 Å². The van der Waals surface area contributed by atoms with E-state index in [1.807, 2.05) is 13.0 Å². The van der Waals surface area contributed by atoms with Crippen molar-refractivity contribution in [1.82, 2.24) is 4.90 Å². The third kappa shape index (κ3) is 3.19. The van der Waals surface area contributed by atoms with E-state index in [9.17, 15) is 9.90 Å². The van der Waals surface area contributed by atoms with Gasteiger partial charge in [-0.15, -0.1) is 0 Å². The number of halogens is 1. The molecule has 0 radical (unpaired) electrons. The lowest BCUT2D eigenvalue weighted by Gasteiger charge is -2.26. The van der Waals surface area contributed by atoms with Crippen molar-refractivity contribution in [3.63, 3.8) is 0 Å². The average molecular weight is 349 g/mol. The highest BCUT2D eigenvalue weighted by Crippen LogP contribution is 2.29. The predicted molar refractivity (Wildman–Crippen MR) is 87.2 cm³/mol. The van der Waals surface area contributed by atoms with Gasteiger partial charge in [0.05, 0.1) is 11.6 Å². The minimum Gasteiger partial charge on any atom is -0.508 e. The van der Waals surface area contributed by atoms with Crippen LogP contribution in [-0.2, 0) is 0 Å². The highest BCUT2D eigenvalue weighted by atomic mass is 79.9. The van der Waals surface area contributed by atoms with E-state index in [2.05, 4.69) is 15.9 Å². The molecule has 0 aliphatic carbocycles. The number of anilines is 1. The molecule has 0 aliphatic heterocycles. The number of hydrogen-bond donors (Lipinski definition) is 2. The Bertz CT molecular complexity index is 673. The quantitative estimate of drug-likeness (QED) is 0.833. The van der Waals surface area contributed by atoms with Gasteiger partial charge in [0.15, 0.2) is 0 Å². The number of hydrogen-bond acceptors (Lipinski definition) is 3. The van der Waals surface area contributed by atoms with E-state index < -0.39 is 0 Å². The lowest BCUT2D eigenvalue weighted by molar-refractivity contribution is 0.0742. The molecule has 4 nitrogen and oxygen atoms in total. The first kappa shape index (κ1) is 15.4. The number of nitrogens with zero attached hydrogens (tertiary/aromatic N) is 1. The van der Waals surface area contributed by atoms with Crippen LogP contribution in [0.4, 0.5) is 5.69 Å². The minimum atomic E-state index is -0.262. The fraction of sp³-hybridized carbons (Fsp3) is 0.188. The molecule has 3 N–H and O–H groups in total. The maximum absolute atomic E-state index is 12.6. The third-order valence-corrected chi connectivity index (χ3v) is 4.03. The number of nitrogen functional groups attached to an aromatic ring is 1. The van der Waals surface area contributed by atoms with Gasteiger partial charge in [-0.25, -0.2) is 0 Å². The van der Waals surface area contributed by atoms with Gasteiger partial charge in [-0.1, -0.05) is 34.1 Å². The number of carbonyl (C=O) groups is 1. The molecule has 1 atom stereocenters. The van der Waals surface area contributed by atoms with Crippen molar-refractivity contribution in [2.45, 2.75) is 13.0 Å². The summed E-state index contributed by atoms with van der Waals surface area (Å²) in [7, 11) is 1.70. The Morgan fingerprint density at radius 3 is 2.57 bits per heavy atom. The zero-order chi connectivity index (χ0) is 15.6. The molecule has 1 amide bonds. The van der Waals surface area contributed by atoms with Gasteiger partial charge in [0.25, 0.3) is 5.91 Å². The number of para-hydroxylation sites is 1. The second-order valence-electron chi connectivity index (χ2n) is 4.88. The summed E-state index contributed by atoms with van der Waals surface area (Å²) in [6.45, 7) is 1.86. The molecule has 0 saturated carbocycles. The highest BCUT2D eigenvalue weighted by Gasteiger charge is 2.22. The van der Waals surface area contributed by atoms with Gasteiger partial charge in [-0.3, -0.25) is 4.79 Å².